The van der Waals surface area contributed by atoms with E-state index in [9.17, 15) is 0 Å². The fourth-order valence-corrected chi connectivity index (χ4v) is 3.28. The molecule has 0 aliphatic heterocycles. The summed E-state index contributed by atoms with van der Waals surface area (Å²) < 4.78 is 7.43. The Balaban J connectivity index is 1.97. The Morgan fingerprint density at radius 1 is 1.22 bits per heavy atom. The number of halogens is 1. The molecule has 1 heterocycles. The van der Waals surface area contributed by atoms with E-state index in [-0.39, 0.29) is 5.92 Å². The number of hydrogen-bond acceptors (Lipinski definition) is 2. The van der Waals surface area contributed by atoms with Crippen LogP contribution in [0.1, 0.15) is 17.0 Å². The first-order chi connectivity index (χ1) is 11.1. The molecule has 1 aromatic heterocycles. The van der Waals surface area contributed by atoms with Gasteiger partial charge in [-0.15, -0.1) is 0 Å². The molecule has 0 aliphatic carbocycles. The van der Waals surface area contributed by atoms with Gasteiger partial charge in [-0.05, 0) is 48.4 Å². The van der Waals surface area contributed by atoms with Crippen LogP contribution < -0.4 is 10.5 Å². The van der Waals surface area contributed by atoms with Crippen molar-refractivity contribution in [1.29, 1.82) is 0 Å². The van der Waals surface area contributed by atoms with Gasteiger partial charge < -0.3 is 15.0 Å². The standard InChI is InChI=1S/C19H21ClN2O/c1-22-12-18(17-7-6-15(20)10-19(17)22)14(11-21)8-13-4-3-5-16(9-13)23-2/h3-7,9-10,12,14H,8,11,21H2,1-2H3. The SMILES string of the molecule is COc1cccc(CC(CN)c2cn(C)c3cc(Cl)ccc23)c1. The molecular formula is C19H21ClN2O. The third-order valence-corrected chi connectivity index (χ3v) is 4.56. The highest BCUT2D eigenvalue weighted by molar-refractivity contribution is 6.31. The Bertz CT molecular complexity index is 825. The summed E-state index contributed by atoms with van der Waals surface area (Å²) in [7, 11) is 3.73. The van der Waals surface area contributed by atoms with E-state index in [4.69, 9.17) is 22.1 Å². The van der Waals surface area contributed by atoms with Crippen molar-refractivity contribution >= 4 is 22.5 Å². The average molecular weight is 329 g/mol. The molecule has 1 atom stereocenters. The maximum atomic E-state index is 6.12. The van der Waals surface area contributed by atoms with E-state index in [0.29, 0.717) is 6.54 Å². The minimum absolute atomic E-state index is 0.256. The smallest absolute Gasteiger partial charge is 0.119 e. The molecule has 0 radical (unpaired) electrons. The number of ether oxygens (including phenoxy) is 1. The molecule has 120 valence electrons. The van der Waals surface area contributed by atoms with Crippen molar-refractivity contribution in [2.24, 2.45) is 12.8 Å². The average Bonchev–Trinajstić information content (AvgIpc) is 2.89. The molecule has 0 amide bonds. The largest absolute Gasteiger partial charge is 0.497 e. The Morgan fingerprint density at radius 2 is 2.04 bits per heavy atom. The lowest BCUT2D eigenvalue weighted by atomic mass is 9.91. The van der Waals surface area contributed by atoms with E-state index in [1.807, 2.05) is 31.3 Å². The van der Waals surface area contributed by atoms with Gasteiger partial charge in [0, 0.05) is 35.1 Å². The first-order valence-electron chi connectivity index (χ1n) is 7.70. The van der Waals surface area contributed by atoms with Crippen molar-refractivity contribution in [2.75, 3.05) is 13.7 Å². The molecule has 0 bridgehead atoms. The van der Waals surface area contributed by atoms with Gasteiger partial charge in [0.15, 0.2) is 0 Å². The van der Waals surface area contributed by atoms with Crippen molar-refractivity contribution in [3.05, 3.63) is 64.8 Å². The van der Waals surface area contributed by atoms with Crippen LogP contribution in [0.2, 0.25) is 5.02 Å². The van der Waals surface area contributed by atoms with E-state index < -0.39 is 0 Å². The zero-order valence-electron chi connectivity index (χ0n) is 13.4. The number of nitrogens with two attached hydrogens (primary N) is 1. The lowest BCUT2D eigenvalue weighted by Crippen LogP contribution is -2.15. The molecule has 0 fully saturated rings. The fraction of sp³-hybridized carbons (Fsp3) is 0.263. The van der Waals surface area contributed by atoms with Crippen molar-refractivity contribution in [3.8, 4) is 5.75 Å². The van der Waals surface area contributed by atoms with Crippen molar-refractivity contribution in [3.63, 3.8) is 0 Å². The molecule has 1 unspecified atom stereocenters. The van der Waals surface area contributed by atoms with E-state index in [0.717, 1.165) is 22.7 Å². The number of nitrogens with zero attached hydrogens (tertiary/aromatic N) is 1. The van der Waals surface area contributed by atoms with Crippen molar-refractivity contribution in [1.82, 2.24) is 4.57 Å². The van der Waals surface area contributed by atoms with Crippen molar-refractivity contribution < 1.29 is 4.74 Å². The summed E-state index contributed by atoms with van der Waals surface area (Å²) in [5, 5.41) is 1.97. The number of aryl methyl sites for hydroxylation is 1. The summed E-state index contributed by atoms with van der Waals surface area (Å²) in [6.45, 7) is 0.596. The lowest BCUT2D eigenvalue weighted by molar-refractivity contribution is 0.414. The molecule has 4 heteroatoms. The minimum Gasteiger partial charge on any atom is -0.497 e. The molecule has 0 aliphatic rings. The zero-order chi connectivity index (χ0) is 16.4. The third-order valence-electron chi connectivity index (χ3n) is 4.32. The number of rotatable bonds is 5. The van der Waals surface area contributed by atoms with Crippen LogP contribution >= 0.6 is 11.6 Å². The summed E-state index contributed by atoms with van der Waals surface area (Å²) in [5.41, 5.74) is 9.72. The molecular weight excluding hydrogens is 308 g/mol. The monoisotopic (exact) mass is 328 g/mol. The zero-order valence-corrected chi connectivity index (χ0v) is 14.2. The van der Waals surface area contributed by atoms with Gasteiger partial charge in [0.1, 0.15) is 5.75 Å². The highest BCUT2D eigenvalue weighted by Crippen LogP contribution is 2.31. The maximum absolute atomic E-state index is 6.12. The summed E-state index contributed by atoms with van der Waals surface area (Å²) in [4.78, 5) is 0. The quantitative estimate of drug-likeness (QED) is 0.765. The minimum atomic E-state index is 0.256. The Labute approximate surface area is 141 Å². The Morgan fingerprint density at radius 3 is 2.78 bits per heavy atom. The maximum Gasteiger partial charge on any atom is 0.119 e. The van der Waals surface area contributed by atoms with Crippen LogP contribution in [0.4, 0.5) is 0 Å². The first-order valence-corrected chi connectivity index (χ1v) is 8.07. The van der Waals surface area contributed by atoms with Crippen LogP contribution in [0.5, 0.6) is 5.75 Å². The number of benzene rings is 2. The lowest BCUT2D eigenvalue weighted by Gasteiger charge is -2.15. The van der Waals surface area contributed by atoms with Gasteiger partial charge in [0.2, 0.25) is 0 Å². The summed E-state index contributed by atoms with van der Waals surface area (Å²) in [6.07, 6.45) is 3.05. The van der Waals surface area contributed by atoms with E-state index in [1.165, 1.54) is 16.5 Å². The van der Waals surface area contributed by atoms with E-state index in [1.54, 1.807) is 7.11 Å². The second-order valence-corrected chi connectivity index (χ2v) is 6.28. The molecule has 2 N–H and O–H groups in total. The van der Waals surface area contributed by atoms with Gasteiger partial charge in [-0.1, -0.05) is 29.8 Å². The molecule has 23 heavy (non-hydrogen) atoms. The highest BCUT2D eigenvalue weighted by Gasteiger charge is 2.17. The second-order valence-electron chi connectivity index (χ2n) is 5.85. The topological polar surface area (TPSA) is 40.2 Å². The van der Waals surface area contributed by atoms with Crippen LogP contribution in [-0.2, 0) is 13.5 Å². The van der Waals surface area contributed by atoms with Crippen LogP contribution in [0, 0.1) is 0 Å². The first kappa shape index (κ1) is 15.9. The predicted molar refractivity (Wildman–Crippen MR) is 96.4 cm³/mol. The Kier molecular flexibility index (Phi) is 4.60. The van der Waals surface area contributed by atoms with Crippen LogP contribution in [-0.4, -0.2) is 18.2 Å². The number of methoxy groups -OCH3 is 1. The van der Waals surface area contributed by atoms with Gasteiger partial charge >= 0.3 is 0 Å². The van der Waals surface area contributed by atoms with Crippen LogP contribution in [0.3, 0.4) is 0 Å². The number of aromatic nitrogens is 1. The second kappa shape index (κ2) is 6.65. The third kappa shape index (κ3) is 3.21. The molecule has 0 spiro atoms. The Hall–Kier alpha value is -1.97. The van der Waals surface area contributed by atoms with Gasteiger partial charge in [0.05, 0.1) is 7.11 Å². The van der Waals surface area contributed by atoms with Crippen molar-refractivity contribution in [2.45, 2.75) is 12.3 Å². The predicted octanol–water partition coefficient (Wildman–Crippen LogP) is 4.13. The molecule has 3 aromatic rings. The van der Waals surface area contributed by atoms with E-state index in [2.05, 4.69) is 29.0 Å². The number of hydrogen-bond donors (Lipinski definition) is 1. The van der Waals surface area contributed by atoms with Gasteiger partial charge in [-0.25, -0.2) is 0 Å². The number of fused-ring (bicyclic) bond motifs is 1. The molecule has 3 nitrogen and oxygen atoms in total. The highest BCUT2D eigenvalue weighted by atomic mass is 35.5. The molecule has 0 saturated carbocycles. The van der Waals surface area contributed by atoms with Gasteiger partial charge in [-0.3, -0.25) is 0 Å². The summed E-state index contributed by atoms with van der Waals surface area (Å²) >= 11 is 6.12. The molecule has 0 saturated heterocycles. The summed E-state index contributed by atoms with van der Waals surface area (Å²) in [5.74, 6) is 1.13. The van der Waals surface area contributed by atoms with Gasteiger partial charge in [0.25, 0.3) is 0 Å². The summed E-state index contributed by atoms with van der Waals surface area (Å²) in [6, 6.07) is 14.2. The van der Waals surface area contributed by atoms with E-state index >= 15 is 0 Å². The fourth-order valence-electron chi connectivity index (χ4n) is 3.12. The molecule has 2 aromatic carbocycles. The normalized spacial score (nSPS) is 12.5. The molecule has 3 rings (SSSR count). The van der Waals surface area contributed by atoms with Crippen LogP contribution in [0.25, 0.3) is 10.9 Å². The van der Waals surface area contributed by atoms with Crippen LogP contribution in [0.15, 0.2) is 48.7 Å². The van der Waals surface area contributed by atoms with Gasteiger partial charge in [-0.2, -0.15) is 0 Å².